The van der Waals surface area contributed by atoms with Crippen LogP contribution in [0.2, 0.25) is 0 Å². The van der Waals surface area contributed by atoms with Crippen molar-refractivity contribution in [2.24, 2.45) is 0 Å². The first kappa shape index (κ1) is 18.5. The van der Waals surface area contributed by atoms with Crippen LogP contribution in [0.15, 0.2) is 29.2 Å². The van der Waals surface area contributed by atoms with E-state index in [4.69, 9.17) is 10.00 Å². The van der Waals surface area contributed by atoms with E-state index in [1.807, 2.05) is 13.0 Å². The Labute approximate surface area is 133 Å². The number of hydrogen-bond donors (Lipinski definition) is 0. The Hall–Kier alpha value is -1.58. The molecule has 0 aromatic heterocycles. The Morgan fingerprint density at radius 2 is 1.82 bits per heavy atom. The fourth-order valence-electron chi connectivity index (χ4n) is 1.97. The second-order valence-corrected chi connectivity index (χ2v) is 6.92. The standard InChI is InChI=1S/C16H24N2O3S/c1-3-5-14-21-15-7-9-16(10-8-15)22(19,20)18(12-4-2)13-6-11-17/h7-10H,3-6,12-14H2,1-2H3. The number of unbranched alkanes of at least 4 members (excludes halogenated alkanes) is 1. The first-order valence-electron chi connectivity index (χ1n) is 7.66. The van der Waals surface area contributed by atoms with Gasteiger partial charge in [0.1, 0.15) is 5.75 Å². The van der Waals surface area contributed by atoms with Gasteiger partial charge in [0.2, 0.25) is 10.0 Å². The van der Waals surface area contributed by atoms with Gasteiger partial charge in [0.25, 0.3) is 0 Å². The normalized spacial score (nSPS) is 11.4. The molecule has 0 saturated carbocycles. The van der Waals surface area contributed by atoms with Crippen LogP contribution in [0.1, 0.15) is 39.5 Å². The van der Waals surface area contributed by atoms with Crippen LogP contribution in [0.4, 0.5) is 0 Å². The Kier molecular flexibility index (Phi) is 7.92. The van der Waals surface area contributed by atoms with E-state index in [0.717, 1.165) is 12.8 Å². The van der Waals surface area contributed by atoms with Gasteiger partial charge in [-0.1, -0.05) is 20.3 Å². The highest BCUT2D eigenvalue weighted by Crippen LogP contribution is 2.20. The molecule has 0 aliphatic heterocycles. The van der Waals surface area contributed by atoms with Crippen LogP contribution in [-0.2, 0) is 10.0 Å². The van der Waals surface area contributed by atoms with Crippen LogP contribution >= 0.6 is 0 Å². The molecule has 1 aromatic rings. The van der Waals surface area contributed by atoms with Crippen molar-refractivity contribution in [2.75, 3.05) is 19.7 Å². The Morgan fingerprint density at radius 1 is 1.14 bits per heavy atom. The maximum Gasteiger partial charge on any atom is 0.243 e. The minimum Gasteiger partial charge on any atom is -0.494 e. The van der Waals surface area contributed by atoms with E-state index in [1.54, 1.807) is 24.3 Å². The van der Waals surface area contributed by atoms with Crippen LogP contribution in [-0.4, -0.2) is 32.4 Å². The summed E-state index contributed by atoms with van der Waals surface area (Å²) in [5.74, 6) is 0.673. The molecule has 6 heteroatoms. The summed E-state index contributed by atoms with van der Waals surface area (Å²) in [6, 6.07) is 8.47. The summed E-state index contributed by atoms with van der Waals surface area (Å²) in [5.41, 5.74) is 0. The first-order valence-corrected chi connectivity index (χ1v) is 9.10. The fraction of sp³-hybridized carbons (Fsp3) is 0.562. The summed E-state index contributed by atoms with van der Waals surface area (Å²) in [5, 5.41) is 8.67. The van der Waals surface area contributed by atoms with Crippen LogP contribution in [0.5, 0.6) is 5.75 Å². The number of hydrogen-bond acceptors (Lipinski definition) is 4. The average Bonchev–Trinajstić information content (AvgIpc) is 2.52. The van der Waals surface area contributed by atoms with Gasteiger partial charge in [-0.2, -0.15) is 9.57 Å². The van der Waals surface area contributed by atoms with Gasteiger partial charge in [0, 0.05) is 19.5 Å². The third kappa shape index (κ3) is 5.32. The predicted octanol–water partition coefficient (Wildman–Crippen LogP) is 3.18. The Morgan fingerprint density at radius 3 is 2.36 bits per heavy atom. The molecular formula is C16H24N2O3S. The van der Waals surface area contributed by atoms with Gasteiger partial charge in [-0.3, -0.25) is 0 Å². The number of ether oxygens (including phenoxy) is 1. The van der Waals surface area contributed by atoms with Gasteiger partial charge in [0.15, 0.2) is 0 Å². The number of benzene rings is 1. The van der Waals surface area contributed by atoms with Crippen LogP contribution < -0.4 is 4.74 Å². The summed E-state index contributed by atoms with van der Waals surface area (Å²) in [7, 11) is -3.55. The third-order valence-electron chi connectivity index (χ3n) is 3.17. The zero-order chi connectivity index (χ0) is 16.4. The SMILES string of the molecule is CCCCOc1ccc(S(=O)(=O)N(CCC)CCC#N)cc1. The summed E-state index contributed by atoms with van der Waals surface area (Å²) < 4.78 is 32.1. The molecule has 0 fully saturated rings. The van der Waals surface area contributed by atoms with Crippen molar-refractivity contribution >= 4 is 10.0 Å². The van der Waals surface area contributed by atoms with E-state index in [0.29, 0.717) is 25.3 Å². The molecule has 0 aliphatic carbocycles. The topological polar surface area (TPSA) is 70.4 Å². The molecule has 0 saturated heterocycles. The smallest absolute Gasteiger partial charge is 0.243 e. The van der Waals surface area contributed by atoms with Gasteiger partial charge in [-0.15, -0.1) is 0 Å². The molecule has 0 atom stereocenters. The maximum atomic E-state index is 12.6. The van der Waals surface area contributed by atoms with Crippen molar-refractivity contribution in [2.45, 2.75) is 44.4 Å². The van der Waals surface area contributed by atoms with E-state index in [9.17, 15) is 8.42 Å². The molecular weight excluding hydrogens is 300 g/mol. The third-order valence-corrected chi connectivity index (χ3v) is 5.09. The van der Waals surface area contributed by atoms with Gasteiger partial charge in [0.05, 0.1) is 17.6 Å². The lowest BCUT2D eigenvalue weighted by molar-refractivity contribution is 0.309. The highest BCUT2D eigenvalue weighted by molar-refractivity contribution is 7.89. The molecule has 1 rings (SSSR count). The maximum absolute atomic E-state index is 12.6. The monoisotopic (exact) mass is 324 g/mol. The zero-order valence-corrected chi connectivity index (χ0v) is 14.1. The van der Waals surface area contributed by atoms with Crippen molar-refractivity contribution in [3.05, 3.63) is 24.3 Å². The fourth-order valence-corrected chi connectivity index (χ4v) is 3.50. The summed E-state index contributed by atoms with van der Waals surface area (Å²) in [6.45, 7) is 5.27. The number of nitriles is 1. The van der Waals surface area contributed by atoms with Crippen molar-refractivity contribution < 1.29 is 13.2 Å². The van der Waals surface area contributed by atoms with E-state index < -0.39 is 10.0 Å². The molecule has 0 unspecified atom stereocenters. The number of nitrogens with zero attached hydrogens (tertiary/aromatic N) is 2. The molecule has 0 aliphatic rings. The highest BCUT2D eigenvalue weighted by Gasteiger charge is 2.23. The largest absolute Gasteiger partial charge is 0.494 e. The molecule has 0 radical (unpaired) electrons. The quantitative estimate of drug-likeness (QED) is 0.620. The molecule has 0 bridgehead atoms. The molecule has 0 amide bonds. The van der Waals surface area contributed by atoms with Gasteiger partial charge in [-0.25, -0.2) is 8.42 Å². The van der Waals surface area contributed by atoms with Crippen molar-refractivity contribution in [3.63, 3.8) is 0 Å². The highest BCUT2D eigenvalue weighted by atomic mass is 32.2. The molecule has 0 N–H and O–H groups in total. The molecule has 122 valence electrons. The van der Waals surface area contributed by atoms with Crippen molar-refractivity contribution in [3.8, 4) is 11.8 Å². The molecule has 5 nitrogen and oxygen atoms in total. The summed E-state index contributed by atoms with van der Waals surface area (Å²) >= 11 is 0. The van der Waals surface area contributed by atoms with Crippen LogP contribution in [0.25, 0.3) is 0 Å². The van der Waals surface area contributed by atoms with E-state index in [-0.39, 0.29) is 17.9 Å². The number of sulfonamides is 1. The van der Waals surface area contributed by atoms with Gasteiger partial charge >= 0.3 is 0 Å². The Balaban J connectivity index is 2.84. The average molecular weight is 324 g/mol. The lowest BCUT2D eigenvalue weighted by Crippen LogP contribution is -2.32. The number of rotatable bonds is 10. The minimum absolute atomic E-state index is 0.192. The van der Waals surface area contributed by atoms with Crippen LogP contribution in [0, 0.1) is 11.3 Å². The van der Waals surface area contributed by atoms with Crippen molar-refractivity contribution in [1.82, 2.24) is 4.31 Å². The van der Waals surface area contributed by atoms with Gasteiger partial charge in [-0.05, 0) is 37.1 Å². The predicted molar refractivity (Wildman–Crippen MR) is 86.1 cm³/mol. The lowest BCUT2D eigenvalue weighted by Gasteiger charge is -2.20. The van der Waals surface area contributed by atoms with Crippen LogP contribution in [0.3, 0.4) is 0 Å². The van der Waals surface area contributed by atoms with Crippen molar-refractivity contribution in [1.29, 1.82) is 5.26 Å². The molecule has 0 heterocycles. The molecule has 1 aromatic carbocycles. The zero-order valence-electron chi connectivity index (χ0n) is 13.3. The molecule has 22 heavy (non-hydrogen) atoms. The second kappa shape index (κ2) is 9.44. The second-order valence-electron chi connectivity index (χ2n) is 4.99. The van der Waals surface area contributed by atoms with E-state index in [2.05, 4.69) is 6.92 Å². The minimum atomic E-state index is -3.55. The van der Waals surface area contributed by atoms with E-state index in [1.165, 1.54) is 4.31 Å². The lowest BCUT2D eigenvalue weighted by atomic mass is 10.3. The first-order chi connectivity index (χ1) is 10.6. The molecule has 0 spiro atoms. The Bertz CT molecular complexity index is 576. The van der Waals surface area contributed by atoms with Gasteiger partial charge < -0.3 is 4.74 Å². The summed E-state index contributed by atoms with van der Waals surface area (Å²) in [6.07, 6.45) is 2.93. The van der Waals surface area contributed by atoms with E-state index >= 15 is 0 Å². The summed E-state index contributed by atoms with van der Waals surface area (Å²) in [4.78, 5) is 0.238.